The number of pyridine rings is 1. The summed E-state index contributed by atoms with van der Waals surface area (Å²) in [6.07, 6.45) is 2.41. The molecule has 2 aromatic heterocycles. The quantitative estimate of drug-likeness (QED) is 0.234. The maximum absolute atomic E-state index is 14.9. The lowest BCUT2D eigenvalue weighted by atomic mass is 10.0. The number of Topliss-reactive ketones (excluding diaryl/α,β-unsaturated/α-hetero) is 1. The lowest BCUT2D eigenvalue weighted by Gasteiger charge is -2.13. The molecule has 0 amide bonds. The van der Waals surface area contributed by atoms with Gasteiger partial charge in [-0.25, -0.2) is 25.6 Å². The third kappa shape index (κ3) is 6.20. The zero-order chi connectivity index (χ0) is 31.1. The second-order valence-electron chi connectivity index (χ2n) is 10.3. The zero-order valence-corrected chi connectivity index (χ0v) is 24.7. The van der Waals surface area contributed by atoms with Gasteiger partial charge in [-0.3, -0.25) is 9.59 Å². The molecule has 0 aliphatic rings. The van der Waals surface area contributed by atoms with Crippen molar-refractivity contribution in [2.75, 3.05) is 12.0 Å². The number of aryl methyl sites for hydroxylation is 1. The van der Waals surface area contributed by atoms with E-state index >= 15 is 0 Å². The van der Waals surface area contributed by atoms with Crippen molar-refractivity contribution in [3.05, 3.63) is 123 Å². The van der Waals surface area contributed by atoms with Gasteiger partial charge in [-0.15, -0.1) is 0 Å². The minimum atomic E-state index is -4.34. The second kappa shape index (κ2) is 11.3. The first-order valence-electron chi connectivity index (χ1n) is 13.0. The second-order valence-corrected chi connectivity index (χ2v) is 14.5. The topological polar surface area (TPSA) is 123 Å². The number of nitrogens with one attached hydrogen (secondary N) is 1. The van der Waals surface area contributed by atoms with Crippen LogP contribution in [0.15, 0.2) is 88.7 Å². The molecule has 43 heavy (non-hydrogen) atoms. The van der Waals surface area contributed by atoms with E-state index in [0.717, 1.165) is 6.26 Å². The van der Waals surface area contributed by atoms with Crippen LogP contribution in [0, 0.1) is 18.6 Å². The molecule has 0 fully saturated rings. The Morgan fingerprint density at radius 2 is 1.65 bits per heavy atom. The third-order valence-electron chi connectivity index (χ3n) is 6.99. The molecule has 0 unspecified atom stereocenters. The highest BCUT2D eigenvalue weighted by Crippen LogP contribution is 2.36. The summed E-state index contributed by atoms with van der Waals surface area (Å²) in [6, 6.07) is 16.7. The Morgan fingerprint density at radius 1 is 0.907 bits per heavy atom. The number of carbonyl (C=O) groups excluding carboxylic acids is 1. The van der Waals surface area contributed by atoms with Crippen LogP contribution in [0.2, 0.25) is 0 Å². The van der Waals surface area contributed by atoms with E-state index in [1.165, 1.54) is 84.4 Å². The van der Waals surface area contributed by atoms with E-state index in [0.29, 0.717) is 5.39 Å². The molecule has 12 heteroatoms. The van der Waals surface area contributed by atoms with Crippen LogP contribution in [-0.4, -0.2) is 44.2 Å². The molecule has 0 radical (unpaired) electrons. The van der Waals surface area contributed by atoms with Crippen LogP contribution in [-0.2, 0) is 32.0 Å². The van der Waals surface area contributed by atoms with Crippen molar-refractivity contribution >= 4 is 36.4 Å². The van der Waals surface area contributed by atoms with E-state index in [1.54, 1.807) is 6.07 Å². The first-order chi connectivity index (χ1) is 20.2. The molecule has 0 bridgehead atoms. The number of hydrogen-bond donors (Lipinski definition) is 1. The van der Waals surface area contributed by atoms with Gasteiger partial charge in [-0.2, -0.15) is 0 Å². The molecule has 2 heterocycles. The lowest BCUT2D eigenvalue weighted by Crippen LogP contribution is -2.22. The van der Waals surface area contributed by atoms with Gasteiger partial charge < -0.3 is 9.55 Å². The van der Waals surface area contributed by atoms with Crippen LogP contribution >= 0.6 is 0 Å². The molecular weight excluding hydrogens is 598 g/mol. The summed E-state index contributed by atoms with van der Waals surface area (Å²) in [4.78, 5) is 29.4. The fraction of sp³-hybridized carbons (Fsp3) is 0.161. The summed E-state index contributed by atoms with van der Waals surface area (Å²) in [5.41, 5.74) is 0.116. The Morgan fingerprint density at radius 3 is 2.35 bits per heavy atom. The standard InChI is InChI=1S/C31H26F2N2O6S2/c1-19-13-24-27(15-26(19)33)35(16-21-8-3-4-11-25(21)32)30(29(24)23-10-6-12-34-31(23)37)28(36)18-43(40,41)22-9-5-7-20(14-22)17-42(2,38)39/h3-15H,16-18H2,1-2H3,(H,34,37). The number of carbonyl (C=O) groups is 1. The van der Waals surface area contributed by atoms with Crippen LogP contribution in [0.4, 0.5) is 8.78 Å². The number of rotatable bonds is 9. The van der Waals surface area contributed by atoms with E-state index in [4.69, 9.17) is 0 Å². The summed E-state index contributed by atoms with van der Waals surface area (Å²) >= 11 is 0. The van der Waals surface area contributed by atoms with Gasteiger partial charge in [0.15, 0.2) is 25.5 Å². The Balaban J connectivity index is 1.74. The van der Waals surface area contributed by atoms with Crippen molar-refractivity contribution in [1.82, 2.24) is 9.55 Å². The van der Waals surface area contributed by atoms with E-state index in [-0.39, 0.29) is 50.5 Å². The number of aromatic amines is 1. The summed E-state index contributed by atoms with van der Waals surface area (Å²) < 4.78 is 81.7. The van der Waals surface area contributed by atoms with E-state index in [1.807, 2.05) is 0 Å². The molecule has 5 rings (SSSR count). The predicted molar refractivity (Wildman–Crippen MR) is 160 cm³/mol. The maximum atomic E-state index is 14.9. The number of nitrogens with zero attached hydrogens (tertiary/aromatic N) is 1. The van der Waals surface area contributed by atoms with Crippen molar-refractivity contribution < 1.29 is 30.4 Å². The van der Waals surface area contributed by atoms with Crippen molar-refractivity contribution in [3.8, 4) is 11.1 Å². The molecule has 0 saturated carbocycles. The predicted octanol–water partition coefficient (Wildman–Crippen LogP) is 4.83. The number of sulfone groups is 2. The Bertz CT molecular complexity index is 2190. The number of halogens is 2. The van der Waals surface area contributed by atoms with Crippen LogP contribution in [0.25, 0.3) is 22.0 Å². The summed E-state index contributed by atoms with van der Waals surface area (Å²) in [7, 11) is -7.80. The monoisotopic (exact) mass is 624 g/mol. The first-order valence-corrected chi connectivity index (χ1v) is 16.7. The van der Waals surface area contributed by atoms with Crippen LogP contribution in [0.1, 0.15) is 27.2 Å². The molecule has 0 atom stereocenters. The Kier molecular flexibility index (Phi) is 7.93. The number of fused-ring (bicyclic) bond motifs is 1. The molecule has 0 saturated heterocycles. The highest BCUT2D eigenvalue weighted by atomic mass is 32.2. The Hall–Kier alpha value is -4.42. The van der Waals surface area contributed by atoms with E-state index < -0.39 is 54.2 Å². The normalized spacial score (nSPS) is 12.1. The van der Waals surface area contributed by atoms with Gasteiger partial charge in [-0.05, 0) is 60.5 Å². The third-order valence-corrected chi connectivity index (χ3v) is 9.46. The largest absolute Gasteiger partial charge is 0.333 e. The van der Waals surface area contributed by atoms with Crippen LogP contribution in [0.5, 0.6) is 0 Å². The average Bonchev–Trinajstić information content (AvgIpc) is 3.22. The van der Waals surface area contributed by atoms with Crippen molar-refractivity contribution in [2.45, 2.75) is 24.1 Å². The van der Waals surface area contributed by atoms with Crippen LogP contribution in [0.3, 0.4) is 0 Å². The van der Waals surface area contributed by atoms with Gasteiger partial charge in [0.25, 0.3) is 5.56 Å². The summed E-state index contributed by atoms with van der Waals surface area (Å²) in [5, 5.41) is 0.308. The highest BCUT2D eigenvalue weighted by molar-refractivity contribution is 7.92. The molecule has 3 aromatic carbocycles. The minimum Gasteiger partial charge on any atom is -0.333 e. The van der Waals surface area contributed by atoms with Gasteiger partial charge in [0.05, 0.1) is 28.4 Å². The molecular formula is C31H26F2N2O6S2. The minimum absolute atomic E-state index is 0.0432. The first kappa shape index (κ1) is 30.1. The highest BCUT2D eigenvalue weighted by Gasteiger charge is 2.30. The summed E-state index contributed by atoms with van der Waals surface area (Å²) in [5.74, 6) is -3.57. The average molecular weight is 625 g/mol. The van der Waals surface area contributed by atoms with Gasteiger partial charge in [0.1, 0.15) is 17.4 Å². The molecule has 0 aliphatic carbocycles. The molecule has 1 N–H and O–H groups in total. The van der Waals surface area contributed by atoms with E-state index in [9.17, 15) is 35.2 Å². The fourth-order valence-corrected chi connectivity index (χ4v) is 7.13. The molecule has 8 nitrogen and oxygen atoms in total. The van der Waals surface area contributed by atoms with Gasteiger partial charge in [0, 0.05) is 34.5 Å². The lowest BCUT2D eigenvalue weighted by molar-refractivity contribution is 0.101. The number of benzene rings is 3. The molecule has 5 aromatic rings. The van der Waals surface area contributed by atoms with Crippen molar-refractivity contribution in [1.29, 1.82) is 0 Å². The van der Waals surface area contributed by atoms with Gasteiger partial charge in [0.2, 0.25) is 0 Å². The number of aromatic nitrogens is 2. The Labute approximate surface area is 246 Å². The fourth-order valence-electron chi connectivity index (χ4n) is 5.08. The van der Waals surface area contributed by atoms with Crippen molar-refractivity contribution in [3.63, 3.8) is 0 Å². The summed E-state index contributed by atoms with van der Waals surface area (Å²) in [6.45, 7) is 1.25. The molecule has 0 aliphatic heterocycles. The smallest absolute Gasteiger partial charge is 0.255 e. The SMILES string of the molecule is Cc1cc2c(-c3ccc[nH]c3=O)c(C(=O)CS(=O)(=O)c3cccc(CS(C)(=O)=O)c3)n(Cc3ccccc3F)c2cc1F. The van der Waals surface area contributed by atoms with Crippen LogP contribution < -0.4 is 5.56 Å². The zero-order valence-electron chi connectivity index (χ0n) is 23.1. The number of hydrogen-bond acceptors (Lipinski definition) is 6. The number of H-pyrrole nitrogens is 1. The van der Waals surface area contributed by atoms with E-state index in [2.05, 4.69) is 4.98 Å². The van der Waals surface area contributed by atoms with Crippen molar-refractivity contribution in [2.24, 2.45) is 0 Å². The number of ketones is 1. The van der Waals surface area contributed by atoms with Gasteiger partial charge in [-0.1, -0.05) is 30.3 Å². The molecule has 222 valence electrons. The molecule has 0 spiro atoms. The maximum Gasteiger partial charge on any atom is 0.255 e. The van der Waals surface area contributed by atoms with Gasteiger partial charge >= 0.3 is 0 Å².